The lowest BCUT2D eigenvalue weighted by Gasteiger charge is -2.26. The van der Waals surface area contributed by atoms with Gasteiger partial charge in [-0.3, -0.25) is 19.4 Å². The van der Waals surface area contributed by atoms with Crippen LogP contribution >= 0.6 is 0 Å². The summed E-state index contributed by atoms with van der Waals surface area (Å²) in [5.74, 6) is -0.984. The average Bonchev–Trinajstić information content (AvgIpc) is 3.40. The topological polar surface area (TPSA) is 88.2 Å². The Labute approximate surface area is 209 Å². The largest absolute Gasteiger partial charge is 0.497 e. The second kappa shape index (κ2) is 9.13. The van der Waals surface area contributed by atoms with Gasteiger partial charge < -0.3 is 9.47 Å². The summed E-state index contributed by atoms with van der Waals surface area (Å²) in [5.41, 5.74) is 6.70. The summed E-state index contributed by atoms with van der Waals surface area (Å²) >= 11 is 0. The minimum absolute atomic E-state index is 0.379. The lowest BCUT2D eigenvalue weighted by molar-refractivity contribution is -0.123. The second-order valence-electron chi connectivity index (χ2n) is 9.07. The molecule has 0 unspecified atom stereocenters. The number of hydrazine groups is 1. The molecule has 0 aromatic heterocycles. The van der Waals surface area contributed by atoms with Crippen molar-refractivity contribution in [2.24, 2.45) is 5.92 Å². The number of fused-ring (bicyclic) bond motifs is 1. The molecule has 0 saturated carbocycles. The number of hydrogen-bond donors (Lipinski definition) is 1. The van der Waals surface area contributed by atoms with Crippen LogP contribution in [0.5, 0.6) is 11.5 Å². The highest BCUT2D eigenvalue weighted by atomic mass is 16.5. The Morgan fingerprint density at radius 2 is 1.47 bits per heavy atom. The molecule has 2 aliphatic rings. The number of amides is 3. The highest BCUT2D eigenvalue weighted by molar-refractivity contribution is 6.25. The van der Waals surface area contributed by atoms with E-state index in [1.165, 1.54) is 17.0 Å². The fourth-order valence-electron chi connectivity index (χ4n) is 4.90. The van der Waals surface area contributed by atoms with Gasteiger partial charge in [-0.2, -0.15) is 0 Å². The molecule has 0 radical (unpaired) electrons. The Morgan fingerprint density at radius 1 is 0.833 bits per heavy atom. The molecular weight excluding hydrogens is 458 g/mol. The van der Waals surface area contributed by atoms with Crippen LogP contribution in [-0.2, 0) is 9.59 Å². The van der Waals surface area contributed by atoms with Crippen molar-refractivity contribution in [2.45, 2.75) is 25.9 Å². The Balaban J connectivity index is 1.62. The standard InChI is InChI=1S/C28H27N3O5/c1-16-5-9-18(10-6-16)26(32)31-25-23(24(29-31)21-15-20(35-3)13-14-22(21)36-4)27(33)30(28(25)34)19-11-7-17(2)8-12-19/h5-15,23-25,29H,1-4H3/t23-,24+,25+/m1/s1. The number of carbonyl (C=O) groups excluding carboxylic acids is 3. The predicted molar refractivity (Wildman–Crippen MR) is 134 cm³/mol. The number of hydrogen-bond acceptors (Lipinski definition) is 6. The van der Waals surface area contributed by atoms with Crippen LogP contribution in [0.2, 0.25) is 0 Å². The summed E-state index contributed by atoms with van der Waals surface area (Å²) in [4.78, 5) is 42.4. The average molecular weight is 486 g/mol. The quantitative estimate of drug-likeness (QED) is 0.556. The zero-order chi connectivity index (χ0) is 25.6. The second-order valence-corrected chi connectivity index (χ2v) is 9.07. The third-order valence-electron chi connectivity index (χ3n) is 6.82. The molecular formula is C28H27N3O5. The number of rotatable bonds is 5. The fourth-order valence-corrected chi connectivity index (χ4v) is 4.90. The summed E-state index contributed by atoms with van der Waals surface area (Å²) in [6.45, 7) is 3.87. The number of nitrogens with one attached hydrogen (secondary N) is 1. The molecule has 36 heavy (non-hydrogen) atoms. The summed E-state index contributed by atoms with van der Waals surface area (Å²) in [7, 11) is 3.08. The minimum atomic E-state index is -1.02. The van der Waals surface area contributed by atoms with Crippen molar-refractivity contribution in [1.29, 1.82) is 0 Å². The predicted octanol–water partition coefficient (Wildman–Crippen LogP) is 3.58. The summed E-state index contributed by atoms with van der Waals surface area (Å²) < 4.78 is 11.0. The van der Waals surface area contributed by atoms with E-state index in [1.807, 2.05) is 38.1 Å². The molecule has 8 nitrogen and oxygen atoms in total. The van der Waals surface area contributed by atoms with E-state index >= 15 is 0 Å². The molecule has 2 fully saturated rings. The molecule has 3 atom stereocenters. The van der Waals surface area contributed by atoms with Gasteiger partial charge in [-0.25, -0.2) is 10.3 Å². The zero-order valence-corrected chi connectivity index (χ0v) is 20.5. The zero-order valence-electron chi connectivity index (χ0n) is 20.5. The number of carbonyl (C=O) groups is 3. The molecule has 2 heterocycles. The van der Waals surface area contributed by atoms with Crippen molar-refractivity contribution >= 4 is 23.4 Å². The first-order valence-electron chi connectivity index (χ1n) is 11.7. The van der Waals surface area contributed by atoms with Crippen LogP contribution in [0.3, 0.4) is 0 Å². The molecule has 0 aliphatic carbocycles. The SMILES string of the molecule is COc1ccc(OC)c([C@@H]2NN(C(=O)c3ccc(C)cc3)[C@@H]3C(=O)N(c4ccc(C)cc4)C(=O)[C@@H]32)c1. The van der Waals surface area contributed by atoms with Gasteiger partial charge in [-0.05, 0) is 56.3 Å². The van der Waals surface area contributed by atoms with Crippen molar-refractivity contribution in [3.8, 4) is 11.5 Å². The first kappa shape index (κ1) is 23.6. The normalized spacial score (nSPS) is 21.1. The van der Waals surface area contributed by atoms with Gasteiger partial charge in [0.1, 0.15) is 17.5 Å². The van der Waals surface area contributed by atoms with E-state index in [0.717, 1.165) is 11.1 Å². The fraction of sp³-hybridized carbons (Fsp3) is 0.250. The van der Waals surface area contributed by atoms with Gasteiger partial charge in [-0.1, -0.05) is 35.4 Å². The lowest BCUT2D eigenvalue weighted by atomic mass is 9.90. The number of benzene rings is 3. The number of aryl methyl sites for hydroxylation is 2. The van der Waals surface area contributed by atoms with Crippen LogP contribution in [0.4, 0.5) is 5.69 Å². The number of methoxy groups -OCH3 is 2. The molecule has 0 spiro atoms. The number of imide groups is 1. The van der Waals surface area contributed by atoms with Crippen LogP contribution in [0.25, 0.3) is 0 Å². The molecule has 8 heteroatoms. The van der Waals surface area contributed by atoms with E-state index in [1.54, 1.807) is 49.6 Å². The van der Waals surface area contributed by atoms with E-state index in [-0.39, 0.29) is 11.8 Å². The van der Waals surface area contributed by atoms with Crippen LogP contribution in [0.1, 0.15) is 33.1 Å². The molecule has 3 aromatic carbocycles. The van der Waals surface area contributed by atoms with Crippen LogP contribution < -0.4 is 19.8 Å². The first-order valence-corrected chi connectivity index (χ1v) is 11.7. The number of anilines is 1. The van der Waals surface area contributed by atoms with Gasteiger partial charge >= 0.3 is 0 Å². The number of ether oxygens (including phenoxy) is 2. The van der Waals surface area contributed by atoms with Gasteiger partial charge in [0, 0.05) is 11.1 Å². The van der Waals surface area contributed by atoms with E-state index in [0.29, 0.717) is 28.3 Å². The van der Waals surface area contributed by atoms with E-state index in [4.69, 9.17) is 9.47 Å². The molecule has 2 saturated heterocycles. The van der Waals surface area contributed by atoms with Gasteiger partial charge in [0.15, 0.2) is 0 Å². The molecule has 184 valence electrons. The highest BCUT2D eigenvalue weighted by Gasteiger charge is 2.60. The monoisotopic (exact) mass is 485 g/mol. The van der Waals surface area contributed by atoms with Crippen LogP contribution in [-0.4, -0.2) is 43.0 Å². The van der Waals surface area contributed by atoms with Gasteiger partial charge in [0.2, 0.25) is 5.91 Å². The third kappa shape index (κ3) is 3.79. The summed E-state index contributed by atoms with van der Waals surface area (Å²) in [6, 6.07) is 17.8. The lowest BCUT2D eigenvalue weighted by Crippen LogP contribution is -2.48. The molecule has 2 aliphatic heterocycles. The van der Waals surface area contributed by atoms with Crippen molar-refractivity contribution in [3.05, 3.63) is 89.0 Å². The Hall–Kier alpha value is -4.17. The Morgan fingerprint density at radius 3 is 2.08 bits per heavy atom. The highest BCUT2D eigenvalue weighted by Crippen LogP contribution is 2.45. The smallest absolute Gasteiger partial charge is 0.268 e. The molecule has 5 rings (SSSR count). The van der Waals surface area contributed by atoms with Gasteiger partial charge in [0.05, 0.1) is 31.9 Å². The molecule has 1 N–H and O–H groups in total. The van der Waals surface area contributed by atoms with E-state index < -0.39 is 23.9 Å². The maximum Gasteiger partial charge on any atom is 0.268 e. The van der Waals surface area contributed by atoms with Crippen LogP contribution in [0.15, 0.2) is 66.7 Å². The van der Waals surface area contributed by atoms with Crippen molar-refractivity contribution in [3.63, 3.8) is 0 Å². The van der Waals surface area contributed by atoms with Gasteiger partial charge in [-0.15, -0.1) is 0 Å². The maximum absolute atomic E-state index is 13.8. The number of nitrogens with zero attached hydrogens (tertiary/aromatic N) is 2. The summed E-state index contributed by atoms with van der Waals surface area (Å²) in [5, 5.41) is 1.30. The maximum atomic E-state index is 13.8. The molecule has 3 amide bonds. The Bertz CT molecular complexity index is 1340. The van der Waals surface area contributed by atoms with Crippen LogP contribution in [0, 0.1) is 19.8 Å². The van der Waals surface area contributed by atoms with Crippen molar-refractivity contribution in [1.82, 2.24) is 10.4 Å². The van der Waals surface area contributed by atoms with Gasteiger partial charge in [0.25, 0.3) is 11.8 Å². The first-order chi connectivity index (χ1) is 17.3. The third-order valence-corrected chi connectivity index (χ3v) is 6.82. The molecule has 3 aromatic rings. The van der Waals surface area contributed by atoms with E-state index in [9.17, 15) is 14.4 Å². The Kier molecular flexibility index (Phi) is 5.97. The van der Waals surface area contributed by atoms with E-state index in [2.05, 4.69) is 5.43 Å². The molecule has 0 bridgehead atoms. The summed E-state index contributed by atoms with van der Waals surface area (Å²) in [6.07, 6.45) is 0. The minimum Gasteiger partial charge on any atom is -0.497 e. The van der Waals surface area contributed by atoms with Crippen molar-refractivity contribution < 1.29 is 23.9 Å². The van der Waals surface area contributed by atoms with Crippen molar-refractivity contribution in [2.75, 3.05) is 19.1 Å².